The van der Waals surface area contributed by atoms with E-state index in [1.165, 1.54) is 0 Å². The molecule has 4 aromatic rings. The predicted molar refractivity (Wildman–Crippen MR) is 121 cm³/mol. The average Bonchev–Trinajstić information content (AvgIpc) is 2.74. The molecule has 28 heavy (non-hydrogen) atoms. The second-order valence-corrected chi connectivity index (χ2v) is 7.65. The molecule has 4 nitrogen and oxygen atoms in total. The number of para-hydroxylation sites is 1. The molecular weight excluding hydrogens is 463 g/mol. The highest BCUT2D eigenvalue weighted by Crippen LogP contribution is 2.24. The Bertz CT molecular complexity index is 1180. The van der Waals surface area contributed by atoms with E-state index in [4.69, 9.17) is 9.72 Å². The largest absolute Gasteiger partial charge is 0.497 e. The van der Waals surface area contributed by atoms with E-state index in [0.717, 1.165) is 32.4 Å². The Morgan fingerprint density at radius 2 is 1.68 bits per heavy atom. The minimum atomic E-state index is -0.00577. The monoisotopic (exact) mass is 482 g/mol. The first kappa shape index (κ1) is 18.7. The standard InChI is InChI=1S/C23H19IN2O2/c1-28-17-12-10-16(11-13-17)14-15-26-22(18-6-2-4-8-20(18)24)25-21-9-5-3-7-19(21)23(26)27/h2-13H,14-15H2,1H3. The van der Waals surface area contributed by atoms with Gasteiger partial charge in [-0.25, -0.2) is 4.98 Å². The maximum absolute atomic E-state index is 13.3. The van der Waals surface area contributed by atoms with Crippen LogP contribution < -0.4 is 10.3 Å². The Morgan fingerprint density at radius 1 is 0.964 bits per heavy atom. The van der Waals surface area contributed by atoms with Crippen molar-refractivity contribution in [2.24, 2.45) is 0 Å². The second-order valence-electron chi connectivity index (χ2n) is 6.49. The molecule has 0 aliphatic carbocycles. The minimum Gasteiger partial charge on any atom is -0.497 e. The van der Waals surface area contributed by atoms with Gasteiger partial charge < -0.3 is 4.74 Å². The first-order valence-electron chi connectivity index (χ1n) is 9.05. The number of aryl methyl sites for hydroxylation is 1. The van der Waals surface area contributed by atoms with Crippen molar-refractivity contribution < 1.29 is 4.74 Å². The smallest absolute Gasteiger partial charge is 0.261 e. The summed E-state index contributed by atoms with van der Waals surface area (Å²) < 4.78 is 8.09. The molecule has 140 valence electrons. The normalized spacial score (nSPS) is 10.9. The van der Waals surface area contributed by atoms with Crippen LogP contribution in [0.5, 0.6) is 5.75 Å². The number of aromatic nitrogens is 2. The molecule has 5 heteroatoms. The van der Waals surface area contributed by atoms with Crippen molar-refractivity contribution in [2.45, 2.75) is 13.0 Å². The van der Waals surface area contributed by atoms with Crippen molar-refractivity contribution in [3.05, 3.63) is 92.3 Å². The van der Waals surface area contributed by atoms with E-state index < -0.39 is 0 Å². The topological polar surface area (TPSA) is 44.1 Å². The van der Waals surface area contributed by atoms with Crippen LogP contribution in [0.15, 0.2) is 77.6 Å². The van der Waals surface area contributed by atoms with Gasteiger partial charge >= 0.3 is 0 Å². The van der Waals surface area contributed by atoms with Crippen molar-refractivity contribution in [1.82, 2.24) is 9.55 Å². The van der Waals surface area contributed by atoms with E-state index in [-0.39, 0.29) is 5.56 Å². The summed E-state index contributed by atoms with van der Waals surface area (Å²) in [6.07, 6.45) is 0.736. The molecule has 0 spiro atoms. The van der Waals surface area contributed by atoms with Crippen molar-refractivity contribution in [3.63, 3.8) is 0 Å². The summed E-state index contributed by atoms with van der Waals surface area (Å²) in [4.78, 5) is 18.1. The molecule has 3 aromatic carbocycles. The fourth-order valence-electron chi connectivity index (χ4n) is 3.26. The molecule has 0 N–H and O–H groups in total. The van der Waals surface area contributed by atoms with Gasteiger partial charge in [0.2, 0.25) is 0 Å². The molecule has 0 fully saturated rings. The van der Waals surface area contributed by atoms with Gasteiger partial charge in [-0.15, -0.1) is 0 Å². The number of ether oxygens (including phenoxy) is 1. The van der Waals surface area contributed by atoms with E-state index in [2.05, 4.69) is 22.6 Å². The van der Waals surface area contributed by atoms with Crippen LogP contribution in [0.25, 0.3) is 22.3 Å². The Balaban J connectivity index is 1.80. The van der Waals surface area contributed by atoms with Gasteiger partial charge in [-0.05, 0) is 64.9 Å². The summed E-state index contributed by atoms with van der Waals surface area (Å²) in [6.45, 7) is 0.559. The fourth-order valence-corrected chi connectivity index (χ4v) is 3.89. The molecule has 0 amide bonds. The van der Waals surface area contributed by atoms with Gasteiger partial charge in [0, 0.05) is 15.7 Å². The molecule has 1 heterocycles. The zero-order valence-corrected chi connectivity index (χ0v) is 17.6. The first-order chi connectivity index (χ1) is 13.7. The van der Waals surface area contributed by atoms with Crippen molar-refractivity contribution in [2.75, 3.05) is 7.11 Å². The molecule has 0 saturated heterocycles. The second kappa shape index (κ2) is 8.14. The number of rotatable bonds is 5. The van der Waals surface area contributed by atoms with Crippen LogP contribution in [-0.2, 0) is 13.0 Å². The number of hydrogen-bond donors (Lipinski definition) is 0. The molecule has 4 rings (SSSR count). The Labute approximate surface area is 177 Å². The third kappa shape index (κ3) is 3.67. The highest BCUT2D eigenvalue weighted by molar-refractivity contribution is 14.1. The third-order valence-electron chi connectivity index (χ3n) is 4.76. The molecule has 0 radical (unpaired) electrons. The molecule has 0 unspecified atom stereocenters. The summed E-state index contributed by atoms with van der Waals surface area (Å²) in [7, 11) is 1.66. The number of benzene rings is 3. The quantitative estimate of drug-likeness (QED) is 0.380. The molecule has 1 aromatic heterocycles. The highest BCUT2D eigenvalue weighted by atomic mass is 127. The van der Waals surface area contributed by atoms with E-state index in [9.17, 15) is 4.79 Å². The Hall–Kier alpha value is -2.67. The van der Waals surface area contributed by atoms with Crippen molar-refractivity contribution >= 4 is 33.5 Å². The van der Waals surface area contributed by atoms with Crippen LogP contribution in [-0.4, -0.2) is 16.7 Å². The fraction of sp³-hybridized carbons (Fsp3) is 0.130. The lowest BCUT2D eigenvalue weighted by atomic mass is 10.1. The van der Waals surface area contributed by atoms with Gasteiger partial charge in [0.25, 0.3) is 5.56 Å². The number of halogens is 1. The van der Waals surface area contributed by atoms with Crippen LogP contribution in [0.1, 0.15) is 5.56 Å². The number of fused-ring (bicyclic) bond motifs is 1. The summed E-state index contributed by atoms with van der Waals surface area (Å²) in [5.41, 5.74) is 2.84. The maximum atomic E-state index is 13.3. The molecular formula is C23H19IN2O2. The van der Waals surface area contributed by atoms with E-state index in [1.54, 1.807) is 11.7 Å². The summed E-state index contributed by atoms with van der Waals surface area (Å²) in [6, 6.07) is 23.5. The lowest BCUT2D eigenvalue weighted by Gasteiger charge is -2.15. The molecule has 0 saturated carbocycles. The van der Waals surface area contributed by atoms with Crippen LogP contribution >= 0.6 is 22.6 Å². The lowest BCUT2D eigenvalue weighted by molar-refractivity contribution is 0.414. The van der Waals surface area contributed by atoms with Crippen LogP contribution in [0.3, 0.4) is 0 Å². The number of hydrogen-bond acceptors (Lipinski definition) is 3. The Morgan fingerprint density at radius 3 is 2.43 bits per heavy atom. The summed E-state index contributed by atoms with van der Waals surface area (Å²) >= 11 is 2.29. The van der Waals surface area contributed by atoms with Gasteiger partial charge in [-0.2, -0.15) is 0 Å². The molecule has 0 atom stereocenters. The van der Waals surface area contributed by atoms with Gasteiger partial charge in [-0.3, -0.25) is 9.36 Å². The zero-order valence-electron chi connectivity index (χ0n) is 15.4. The predicted octanol–water partition coefficient (Wildman–Crippen LogP) is 4.92. The first-order valence-corrected chi connectivity index (χ1v) is 10.1. The van der Waals surface area contributed by atoms with Gasteiger partial charge in [0.1, 0.15) is 11.6 Å². The van der Waals surface area contributed by atoms with Crippen molar-refractivity contribution in [3.8, 4) is 17.1 Å². The van der Waals surface area contributed by atoms with Crippen LogP contribution in [0.4, 0.5) is 0 Å². The summed E-state index contributed by atoms with van der Waals surface area (Å²) in [5.74, 6) is 1.54. The highest BCUT2D eigenvalue weighted by Gasteiger charge is 2.14. The third-order valence-corrected chi connectivity index (χ3v) is 5.70. The Kier molecular flexibility index (Phi) is 5.43. The lowest BCUT2D eigenvalue weighted by Crippen LogP contribution is -2.24. The van der Waals surface area contributed by atoms with E-state index in [0.29, 0.717) is 17.8 Å². The van der Waals surface area contributed by atoms with Crippen molar-refractivity contribution in [1.29, 1.82) is 0 Å². The molecule has 0 bridgehead atoms. The average molecular weight is 482 g/mol. The van der Waals surface area contributed by atoms with Gasteiger partial charge in [0.05, 0.1) is 18.0 Å². The number of methoxy groups -OCH3 is 1. The minimum absolute atomic E-state index is 0.00577. The van der Waals surface area contributed by atoms with Gasteiger partial charge in [-0.1, -0.05) is 42.5 Å². The van der Waals surface area contributed by atoms with Crippen LogP contribution in [0.2, 0.25) is 0 Å². The van der Waals surface area contributed by atoms with E-state index >= 15 is 0 Å². The SMILES string of the molecule is COc1ccc(CCn2c(-c3ccccc3I)nc3ccccc3c2=O)cc1. The van der Waals surface area contributed by atoms with Gasteiger partial charge in [0.15, 0.2) is 0 Å². The maximum Gasteiger partial charge on any atom is 0.261 e. The molecule has 0 aliphatic heterocycles. The van der Waals surface area contributed by atoms with Crippen LogP contribution in [0, 0.1) is 3.57 Å². The number of nitrogens with zero attached hydrogens (tertiary/aromatic N) is 2. The van der Waals surface area contributed by atoms with E-state index in [1.807, 2.05) is 72.8 Å². The molecule has 0 aliphatic rings. The summed E-state index contributed by atoms with van der Waals surface area (Å²) in [5, 5.41) is 0.645. The zero-order chi connectivity index (χ0) is 19.5.